The molecule has 5 nitrogen and oxygen atoms in total. The molecule has 41 heavy (non-hydrogen) atoms. The van der Waals surface area contributed by atoms with E-state index < -0.39 is 29.5 Å². The van der Waals surface area contributed by atoms with E-state index in [4.69, 9.17) is 4.74 Å². The van der Waals surface area contributed by atoms with Gasteiger partial charge in [-0.2, -0.15) is 26.3 Å². The van der Waals surface area contributed by atoms with Crippen LogP contribution in [0.3, 0.4) is 0 Å². The summed E-state index contributed by atoms with van der Waals surface area (Å²) >= 11 is 0. The summed E-state index contributed by atoms with van der Waals surface area (Å²) in [4.78, 5) is 29.1. The minimum absolute atomic E-state index is 0.00690. The maximum Gasteiger partial charge on any atom is 0.435 e. The average molecular weight is 585 g/mol. The van der Waals surface area contributed by atoms with Crippen molar-refractivity contribution in [3.05, 3.63) is 94.5 Å². The molecule has 0 atom stereocenters. The van der Waals surface area contributed by atoms with Gasteiger partial charge in [0.1, 0.15) is 0 Å². The van der Waals surface area contributed by atoms with Crippen molar-refractivity contribution in [1.82, 2.24) is 0 Å². The number of methoxy groups -OCH3 is 1. The third-order valence-corrected chi connectivity index (χ3v) is 6.50. The highest BCUT2D eigenvalue weighted by molar-refractivity contribution is 6.09. The Kier molecular flexibility index (Phi) is 9.17. The maximum atomic E-state index is 14.7. The standard InChI is InChI=1S/C29H27F7N2O3/c1-18-15-22(27(30,28(31,32)33)29(34,35)36)16-19(2)24(18)37(3)25(39)21-11-8-12-23(17-21)38(13-14-41-4)26(40)20-9-6-5-7-10-20/h5-12,15-17H,13-14H2,1-4H3. The Balaban J connectivity index is 2.00. The summed E-state index contributed by atoms with van der Waals surface area (Å²) in [5.74, 6) is -1.02. The SMILES string of the molecule is COCCN(C(=O)c1ccccc1)c1cccc(C(=O)N(C)c2c(C)cc(C(F)(C(F)(F)F)C(F)(F)F)cc2C)c1. The quantitative estimate of drug-likeness (QED) is 0.264. The van der Waals surface area contributed by atoms with Gasteiger partial charge in [-0.3, -0.25) is 9.59 Å². The van der Waals surface area contributed by atoms with Gasteiger partial charge in [0, 0.05) is 48.8 Å². The predicted octanol–water partition coefficient (Wildman–Crippen LogP) is 7.16. The zero-order valence-electron chi connectivity index (χ0n) is 22.5. The van der Waals surface area contributed by atoms with Crippen molar-refractivity contribution < 1.29 is 45.1 Å². The van der Waals surface area contributed by atoms with Gasteiger partial charge in [0.2, 0.25) is 0 Å². The fourth-order valence-electron chi connectivity index (χ4n) is 4.54. The van der Waals surface area contributed by atoms with Crippen LogP contribution in [0.2, 0.25) is 0 Å². The molecule has 3 aromatic carbocycles. The van der Waals surface area contributed by atoms with Crippen molar-refractivity contribution in [2.45, 2.75) is 31.9 Å². The van der Waals surface area contributed by atoms with E-state index in [1.807, 2.05) is 0 Å². The smallest absolute Gasteiger partial charge is 0.383 e. The number of benzene rings is 3. The van der Waals surface area contributed by atoms with Gasteiger partial charge in [0.25, 0.3) is 11.8 Å². The molecule has 0 aliphatic heterocycles. The monoisotopic (exact) mass is 584 g/mol. The van der Waals surface area contributed by atoms with Crippen LogP contribution in [0.5, 0.6) is 0 Å². The average Bonchev–Trinajstić information content (AvgIpc) is 2.91. The van der Waals surface area contributed by atoms with Crippen LogP contribution >= 0.6 is 0 Å². The van der Waals surface area contributed by atoms with Gasteiger partial charge in [0.05, 0.1) is 6.61 Å². The third kappa shape index (κ3) is 6.22. The molecular formula is C29H27F7N2O3. The summed E-state index contributed by atoms with van der Waals surface area (Å²) in [5, 5.41) is 0. The summed E-state index contributed by atoms with van der Waals surface area (Å²) in [6, 6.07) is 15.3. The molecule has 0 bridgehead atoms. The van der Waals surface area contributed by atoms with E-state index in [2.05, 4.69) is 0 Å². The number of hydrogen-bond acceptors (Lipinski definition) is 3. The van der Waals surface area contributed by atoms with Crippen LogP contribution in [0.25, 0.3) is 0 Å². The molecule has 0 spiro atoms. The summed E-state index contributed by atoms with van der Waals surface area (Å²) in [7, 11) is 2.75. The number of ether oxygens (including phenoxy) is 1. The van der Waals surface area contributed by atoms with E-state index in [9.17, 15) is 40.3 Å². The van der Waals surface area contributed by atoms with Crippen LogP contribution in [0.15, 0.2) is 66.7 Å². The number of nitrogens with zero attached hydrogens (tertiary/aromatic N) is 2. The van der Waals surface area contributed by atoms with E-state index >= 15 is 0 Å². The lowest BCUT2D eigenvalue weighted by Gasteiger charge is -2.32. The van der Waals surface area contributed by atoms with Crippen molar-refractivity contribution in [2.75, 3.05) is 37.1 Å². The Bertz CT molecular complexity index is 1370. The minimum Gasteiger partial charge on any atom is -0.383 e. The molecule has 0 aliphatic carbocycles. The van der Waals surface area contributed by atoms with E-state index in [1.54, 1.807) is 36.4 Å². The topological polar surface area (TPSA) is 49.9 Å². The zero-order valence-corrected chi connectivity index (χ0v) is 22.5. The highest BCUT2D eigenvalue weighted by Crippen LogP contribution is 2.54. The van der Waals surface area contributed by atoms with Gasteiger partial charge in [-0.25, -0.2) is 4.39 Å². The minimum atomic E-state index is -6.26. The highest BCUT2D eigenvalue weighted by Gasteiger charge is 2.73. The molecule has 2 amide bonds. The van der Waals surface area contributed by atoms with Crippen molar-refractivity contribution in [3.63, 3.8) is 0 Å². The van der Waals surface area contributed by atoms with Crippen LogP contribution in [-0.2, 0) is 10.4 Å². The number of amides is 2. The number of halogens is 7. The molecule has 0 heterocycles. The number of anilines is 2. The van der Waals surface area contributed by atoms with E-state index in [-0.39, 0.29) is 41.4 Å². The molecule has 0 saturated heterocycles. The second-order valence-electron chi connectivity index (χ2n) is 9.34. The fourth-order valence-corrected chi connectivity index (χ4v) is 4.54. The number of carbonyl (C=O) groups is 2. The first-order valence-corrected chi connectivity index (χ1v) is 12.2. The van der Waals surface area contributed by atoms with Crippen molar-refractivity contribution >= 4 is 23.2 Å². The van der Waals surface area contributed by atoms with Crippen LogP contribution in [0.1, 0.15) is 37.4 Å². The number of carbonyl (C=O) groups excluding carboxylic acids is 2. The number of alkyl halides is 7. The first-order valence-electron chi connectivity index (χ1n) is 12.2. The molecule has 3 aromatic rings. The molecule has 0 fully saturated rings. The second-order valence-corrected chi connectivity index (χ2v) is 9.34. The van der Waals surface area contributed by atoms with Gasteiger partial charge >= 0.3 is 18.0 Å². The summed E-state index contributed by atoms with van der Waals surface area (Å²) in [5.41, 5.74) is -6.74. The van der Waals surface area contributed by atoms with Gasteiger partial charge in [-0.05, 0) is 55.3 Å². The van der Waals surface area contributed by atoms with Gasteiger partial charge in [-0.15, -0.1) is 0 Å². The zero-order chi connectivity index (χ0) is 30.8. The molecule has 0 unspecified atom stereocenters. The van der Waals surface area contributed by atoms with Crippen LogP contribution in [0, 0.1) is 13.8 Å². The Morgan fingerprint density at radius 3 is 1.80 bits per heavy atom. The maximum absolute atomic E-state index is 14.7. The largest absolute Gasteiger partial charge is 0.435 e. The van der Waals surface area contributed by atoms with E-state index in [0.29, 0.717) is 23.4 Å². The van der Waals surface area contributed by atoms with E-state index in [1.165, 1.54) is 51.1 Å². The summed E-state index contributed by atoms with van der Waals surface area (Å²) < 4.78 is 99.6. The van der Waals surface area contributed by atoms with Crippen LogP contribution in [0.4, 0.5) is 42.1 Å². The molecule has 0 aliphatic rings. The summed E-state index contributed by atoms with van der Waals surface area (Å²) in [6.07, 6.45) is -12.5. The highest BCUT2D eigenvalue weighted by atomic mass is 19.4. The van der Waals surface area contributed by atoms with Gasteiger partial charge < -0.3 is 14.5 Å². The number of hydrogen-bond donors (Lipinski definition) is 0. The fraction of sp³-hybridized carbons (Fsp3) is 0.310. The Morgan fingerprint density at radius 2 is 1.29 bits per heavy atom. The second kappa shape index (κ2) is 11.9. The first kappa shape index (κ1) is 31.6. The lowest BCUT2D eigenvalue weighted by Crippen LogP contribution is -2.50. The van der Waals surface area contributed by atoms with Gasteiger partial charge in [-0.1, -0.05) is 36.4 Å². The van der Waals surface area contributed by atoms with Crippen molar-refractivity contribution in [3.8, 4) is 0 Å². The molecule has 0 saturated carbocycles. The Labute approximate surface area is 232 Å². The van der Waals surface area contributed by atoms with Gasteiger partial charge in [0.15, 0.2) is 0 Å². The Hall–Kier alpha value is -3.93. The van der Waals surface area contributed by atoms with Crippen molar-refractivity contribution in [1.29, 1.82) is 0 Å². The molecule has 0 radical (unpaired) electrons. The molecule has 0 aromatic heterocycles. The predicted molar refractivity (Wildman–Crippen MR) is 140 cm³/mol. The number of rotatable bonds is 8. The van der Waals surface area contributed by atoms with Crippen LogP contribution in [-0.4, -0.2) is 51.5 Å². The molecule has 3 rings (SSSR count). The number of aryl methyl sites for hydroxylation is 2. The van der Waals surface area contributed by atoms with Crippen molar-refractivity contribution in [2.24, 2.45) is 0 Å². The van der Waals surface area contributed by atoms with Crippen LogP contribution < -0.4 is 9.80 Å². The lowest BCUT2D eigenvalue weighted by molar-refractivity contribution is -0.348. The normalized spacial score (nSPS) is 12.3. The first-order chi connectivity index (χ1) is 19.0. The molecule has 12 heteroatoms. The lowest BCUT2D eigenvalue weighted by atomic mass is 9.90. The Morgan fingerprint density at radius 1 is 0.756 bits per heavy atom. The third-order valence-electron chi connectivity index (χ3n) is 6.50. The molecule has 0 N–H and O–H groups in total. The molecular weight excluding hydrogens is 557 g/mol. The molecule has 220 valence electrons. The van der Waals surface area contributed by atoms with E-state index in [0.717, 1.165) is 4.90 Å². The summed E-state index contributed by atoms with van der Waals surface area (Å²) in [6.45, 7) is 2.71.